The summed E-state index contributed by atoms with van der Waals surface area (Å²) in [5.74, 6) is 1.18. The van der Waals surface area contributed by atoms with E-state index < -0.39 is 0 Å². The predicted molar refractivity (Wildman–Crippen MR) is 63.6 cm³/mol. The van der Waals surface area contributed by atoms with Gasteiger partial charge in [-0.05, 0) is 18.6 Å². The standard InChI is InChI=1S/C9H20OS2.Zn/c1-3-5-7-10-9(11)12-8-6-4-2;/h11-12H,3-8H2,1-2H3;. The second-order valence-electron chi connectivity index (χ2n) is 2.72. The van der Waals surface area contributed by atoms with E-state index in [9.17, 15) is 0 Å². The largest absolute Gasteiger partial charge is 0.335 e. The van der Waals surface area contributed by atoms with E-state index in [4.69, 9.17) is 4.74 Å². The Labute approximate surface area is 104 Å². The summed E-state index contributed by atoms with van der Waals surface area (Å²) in [6, 6.07) is 0. The molecule has 0 spiro atoms. The third kappa shape index (κ3) is 13.2. The first-order valence-electron chi connectivity index (χ1n) is 4.67. The van der Waals surface area contributed by atoms with Gasteiger partial charge in [0.2, 0.25) is 0 Å². The fourth-order valence-corrected chi connectivity index (χ4v) is 1.93. The molecular weight excluding hydrogens is 254 g/mol. The van der Waals surface area contributed by atoms with Gasteiger partial charge in [0.25, 0.3) is 0 Å². The molecule has 4 heteroatoms. The van der Waals surface area contributed by atoms with E-state index in [0.717, 1.165) is 17.4 Å². The second kappa shape index (κ2) is 13.2. The average molecular weight is 274 g/mol. The molecular formula is C9H20OS2Zn. The van der Waals surface area contributed by atoms with Crippen molar-refractivity contribution >= 4 is 28.4 Å². The number of unbranched alkanes of at least 4 members (excludes halogenated alkanes) is 2. The topological polar surface area (TPSA) is 9.23 Å². The molecule has 76 valence electrons. The second-order valence-corrected chi connectivity index (χ2v) is 4.65. The van der Waals surface area contributed by atoms with Gasteiger partial charge in [0.1, 0.15) is 4.38 Å². The number of thiol groups is 2. The van der Waals surface area contributed by atoms with Crippen LogP contribution in [0.3, 0.4) is 0 Å². The molecule has 0 unspecified atom stereocenters. The predicted octanol–water partition coefficient (Wildman–Crippen LogP) is 3.08. The Balaban J connectivity index is 0. The van der Waals surface area contributed by atoms with Gasteiger partial charge in [-0.3, -0.25) is 0 Å². The van der Waals surface area contributed by atoms with Crippen LogP contribution in [-0.4, -0.2) is 16.7 Å². The Morgan fingerprint density at radius 1 is 1.23 bits per heavy atom. The Kier molecular flexibility index (Phi) is 16.8. The van der Waals surface area contributed by atoms with Gasteiger partial charge in [0.15, 0.2) is 0 Å². The summed E-state index contributed by atoms with van der Waals surface area (Å²) in [5.41, 5.74) is 0. The van der Waals surface area contributed by atoms with Gasteiger partial charge in [0, 0.05) is 19.5 Å². The molecule has 0 radical (unpaired) electrons. The molecule has 0 aliphatic heterocycles. The average Bonchev–Trinajstić information content (AvgIpc) is 2.06. The number of ether oxygens (including phenoxy) is 1. The Bertz CT molecular complexity index is 129. The van der Waals surface area contributed by atoms with Crippen LogP contribution in [0.25, 0.3) is 0 Å². The molecule has 0 amide bonds. The maximum absolute atomic E-state index is 5.40. The first-order valence-corrected chi connectivity index (χ1v) is 6.20. The van der Waals surface area contributed by atoms with Crippen molar-refractivity contribution < 1.29 is 24.2 Å². The molecule has 0 heterocycles. The van der Waals surface area contributed by atoms with Crippen LogP contribution in [-0.2, 0) is 24.2 Å². The summed E-state index contributed by atoms with van der Waals surface area (Å²) in [6.07, 6.45) is 4.84. The minimum atomic E-state index is 0. The molecule has 0 aliphatic rings. The monoisotopic (exact) mass is 272 g/mol. The van der Waals surface area contributed by atoms with Crippen molar-refractivity contribution in [2.24, 2.45) is 0 Å². The van der Waals surface area contributed by atoms with Crippen molar-refractivity contribution in [1.82, 2.24) is 0 Å². The molecule has 0 saturated heterocycles. The van der Waals surface area contributed by atoms with Crippen LogP contribution < -0.4 is 0 Å². The summed E-state index contributed by atoms with van der Waals surface area (Å²) in [4.78, 5) is 0. The summed E-state index contributed by atoms with van der Waals surface area (Å²) in [5, 5.41) is 0. The third-order valence-electron chi connectivity index (χ3n) is 1.49. The van der Waals surface area contributed by atoms with E-state index in [1.54, 1.807) is 0 Å². The van der Waals surface area contributed by atoms with Crippen LogP contribution >= 0.6 is 24.0 Å². The van der Waals surface area contributed by atoms with Crippen LogP contribution in [0.4, 0.5) is 0 Å². The van der Waals surface area contributed by atoms with Gasteiger partial charge in [-0.15, -0.1) is 12.6 Å². The van der Waals surface area contributed by atoms with E-state index in [2.05, 4.69) is 26.5 Å². The molecule has 0 aromatic carbocycles. The molecule has 0 aliphatic carbocycles. The van der Waals surface area contributed by atoms with E-state index in [1.807, 2.05) is 0 Å². The van der Waals surface area contributed by atoms with Crippen LogP contribution in [0.2, 0.25) is 0 Å². The SMILES string of the molecule is CCCCOC(S)=[SH]CCCC.[Zn]. The van der Waals surface area contributed by atoms with Crippen molar-refractivity contribution in [3.8, 4) is 0 Å². The first-order chi connectivity index (χ1) is 5.81. The zero-order valence-electron chi connectivity index (χ0n) is 8.75. The van der Waals surface area contributed by atoms with Crippen molar-refractivity contribution in [3.63, 3.8) is 0 Å². The molecule has 0 aromatic heterocycles. The third-order valence-corrected chi connectivity index (χ3v) is 2.98. The smallest absolute Gasteiger partial charge is 0.127 e. The Morgan fingerprint density at radius 2 is 1.85 bits per heavy atom. The molecule has 0 rings (SSSR count). The van der Waals surface area contributed by atoms with Crippen LogP contribution in [0.1, 0.15) is 39.5 Å². The maximum atomic E-state index is 5.40. The van der Waals surface area contributed by atoms with Gasteiger partial charge in [-0.2, -0.15) is 11.4 Å². The minimum absolute atomic E-state index is 0. The molecule has 0 N–H and O–H groups in total. The molecule has 0 fully saturated rings. The van der Waals surface area contributed by atoms with Crippen molar-refractivity contribution in [2.45, 2.75) is 39.5 Å². The summed E-state index contributed by atoms with van der Waals surface area (Å²) >= 11 is 5.50. The summed E-state index contributed by atoms with van der Waals surface area (Å²) in [7, 11) is 0. The molecule has 13 heavy (non-hydrogen) atoms. The van der Waals surface area contributed by atoms with Gasteiger partial charge >= 0.3 is 0 Å². The van der Waals surface area contributed by atoms with Crippen molar-refractivity contribution in [2.75, 3.05) is 12.4 Å². The molecule has 0 saturated carbocycles. The zero-order chi connectivity index (χ0) is 9.23. The van der Waals surface area contributed by atoms with Gasteiger partial charge in [-0.1, -0.05) is 26.7 Å². The van der Waals surface area contributed by atoms with Crippen LogP contribution in [0.5, 0.6) is 0 Å². The van der Waals surface area contributed by atoms with Crippen molar-refractivity contribution in [1.29, 1.82) is 0 Å². The van der Waals surface area contributed by atoms with Crippen molar-refractivity contribution in [3.05, 3.63) is 0 Å². The van der Waals surface area contributed by atoms with Gasteiger partial charge in [-0.25, -0.2) is 0 Å². The van der Waals surface area contributed by atoms with E-state index in [1.165, 1.54) is 36.4 Å². The van der Waals surface area contributed by atoms with Crippen LogP contribution in [0.15, 0.2) is 0 Å². The number of rotatable bonds is 6. The van der Waals surface area contributed by atoms with E-state index in [0.29, 0.717) is 0 Å². The van der Waals surface area contributed by atoms with Gasteiger partial charge in [0.05, 0.1) is 6.61 Å². The quantitative estimate of drug-likeness (QED) is 0.327. The fourth-order valence-electron chi connectivity index (χ4n) is 0.686. The van der Waals surface area contributed by atoms with Crippen LogP contribution in [0, 0.1) is 0 Å². The summed E-state index contributed by atoms with van der Waals surface area (Å²) < 4.78 is 6.28. The fraction of sp³-hybridized carbons (Fsp3) is 0.889. The first kappa shape index (κ1) is 16.6. The number of hydrogen-bond donors (Lipinski definition) is 2. The van der Waals surface area contributed by atoms with E-state index >= 15 is 0 Å². The molecule has 0 aromatic rings. The Hall–Kier alpha value is 1.15. The summed E-state index contributed by atoms with van der Waals surface area (Å²) in [6.45, 7) is 5.19. The maximum Gasteiger partial charge on any atom is 0.127 e. The Morgan fingerprint density at radius 3 is 2.38 bits per heavy atom. The zero-order valence-corrected chi connectivity index (χ0v) is 13.5. The molecule has 1 nitrogen and oxygen atoms in total. The van der Waals surface area contributed by atoms with Gasteiger partial charge < -0.3 is 4.74 Å². The normalized spacial score (nSPS) is 11.8. The number of hydrogen-bond acceptors (Lipinski definition) is 1. The van der Waals surface area contributed by atoms with E-state index in [-0.39, 0.29) is 19.5 Å². The molecule has 0 bridgehead atoms. The molecule has 0 atom stereocenters. The minimum Gasteiger partial charge on any atom is -0.335 e.